The maximum Gasteiger partial charge on any atom is 0.243 e. The Morgan fingerprint density at radius 1 is 1.56 bits per heavy atom. The molecule has 2 rings (SSSR count). The van der Waals surface area contributed by atoms with E-state index in [0.29, 0.717) is 18.8 Å². The number of rotatable bonds is 2. The second kappa shape index (κ2) is 5.69. The van der Waals surface area contributed by atoms with E-state index in [1.807, 2.05) is 4.90 Å². The summed E-state index contributed by atoms with van der Waals surface area (Å²) >= 11 is 11.8. The number of amides is 1. The standard InChI is InChI=1S/C10H13Cl2N5O/c1-13-10(18)7-5-14-2-3-17(7)6-4-8(11)15-16-9(6)12/h4,7,14H,2-3,5H2,1H3,(H,13,18). The van der Waals surface area contributed by atoms with Crippen LogP contribution in [0.4, 0.5) is 5.69 Å². The molecule has 0 aliphatic carbocycles. The second-order valence-electron chi connectivity index (χ2n) is 3.87. The molecule has 1 atom stereocenters. The van der Waals surface area contributed by atoms with Crippen LogP contribution in [0.25, 0.3) is 0 Å². The highest BCUT2D eigenvalue weighted by atomic mass is 35.5. The van der Waals surface area contributed by atoms with Gasteiger partial charge in [-0.3, -0.25) is 4.79 Å². The fourth-order valence-electron chi connectivity index (χ4n) is 1.94. The predicted octanol–water partition coefficient (Wildman–Crippen LogP) is 0.308. The molecule has 1 aromatic heterocycles. The van der Waals surface area contributed by atoms with E-state index >= 15 is 0 Å². The van der Waals surface area contributed by atoms with E-state index in [2.05, 4.69) is 20.8 Å². The van der Waals surface area contributed by atoms with Gasteiger partial charge in [0.1, 0.15) is 6.04 Å². The molecule has 6 nitrogen and oxygen atoms in total. The molecule has 0 aromatic carbocycles. The van der Waals surface area contributed by atoms with Gasteiger partial charge in [-0.1, -0.05) is 23.2 Å². The van der Waals surface area contributed by atoms with E-state index < -0.39 is 0 Å². The summed E-state index contributed by atoms with van der Waals surface area (Å²) in [6.07, 6.45) is 0. The molecule has 1 aromatic rings. The number of halogens is 2. The van der Waals surface area contributed by atoms with Crippen molar-refractivity contribution < 1.29 is 4.79 Å². The van der Waals surface area contributed by atoms with E-state index in [1.54, 1.807) is 13.1 Å². The Morgan fingerprint density at radius 3 is 3.06 bits per heavy atom. The van der Waals surface area contributed by atoms with E-state index in [9.17, 15) is 4.79 Å². The predicted molar refractivity (Wildman–Crippen MR) is 70.1 cm³/mol. The number of hydrogen-bond acceptors (Lipinski definition) is 5. The minimum atomic E-state index is -0.332. The smallest absolute Gasteiger partial charge is 0.243 e. The minimum Gasteiger partial charge on any atom is -0.357 e. The van der Waals surface area contributed by atoms with E-state index in [0.717, 1.165) is 6.54 Å². The maximum absolute atomic E-state index is 11.8. The Balaban J connectivity index is 2.33. The third kappa shape index (κ3) is 2.66. The fraction of sp³-hybridized carbons (Fsp3) is 0.500. The molecule has 0 bridgehead atoms. The summed E-state index contributed by atoms with van der Waals surface area (Å²) in [5.41, 5.74) is 0.631. The summed E-state index contributed by atoms with van der Waals surface area (Å²) in [5.74, 6) is -0.0776. The number of carbonyl (C=O) groups is 1. The lowest BCUT2D eigenvalue weighted by Crippen LogP contribution is -2.57. The Kier molecular flexibility index (Phi) is 4.21. The molecule has 2 N–H and O–H groups in total. The van der Waals surface area contributed by atoms with Crippen LogP contribution in [0.15, 0.2) is 6.07 Å². The van der Waals surface area contributed by atoms with Crippen molar-refractivity contribution in [2.75, 3.05) is 31.6 Å². The van der Waals surface area contributed by atoms with Crippen molar-refractivity contribution in [2.24, 2.45) is 0 Å². The zero-order valence-electron chi connectivity index (χ0n) is 9.78. The van der Waals surface area contributed by atoms with Crippen LogP contribution in [0.5, 0.6) is 0 Å². The summed E-state index contributed by atoms with van der Waals surface area (Å²) in [6.45, 7) is 1.97. The first-order chi connectivity index (χ1) is 8.63. The van der Waals surface area contributed by atoms with Gasteiger partial charge in [0.25, 0.3) is 0 Å². The summed E-state index contributed by atoms with van der Waals surface area (Å²) < 4.78 is 0. The van der Waals surface area contributed by atoms with Crippen LogP contribution in [0.1, 0.15) is 0 Å². The largest absolute Gasteiger partial charge is 0.357 e. The third-order valence-electron chi connectivity index (χ3n) is 2.80. The Bertz CT molecular complexity index is 456. The molecule has 8 heteroatoms. The molecule has 0 radical (unpaired) electrons. The molecule has 18 heavy (non-hydrogen) atoms. The Morgan fingerprint density at radius 2 is 2.33 bits per heavy atom. The topological polar surface area (TPSA) is 70.2 Å². The van der Waals surface area contributed by atoms with Gasteiger partial charge in [0.05, 0.1) is 5.69 Å². The molecular formula is C10H13Cl2N5O. The highest BCUT2D eigenvalue weighted by molar-refractivity contribution is 6.33. The van der Waals surface area contributed by atoms with Gasteiger partial charge in [-0.05, 0) is 0 Å². The zero-order valence-corrected chi connectivity index (χ0v) is 11.3. The van der Waals surface area contributed by atoms with Crippen molar-refractivity contribution in [2.45, 2.75) is 6.04 Å². The van der Waals surface area contributed by atoms with Crippen molar-refractivity contribution in [3.05, 3.63) is 16.4 Å². The molecule has 1 aliphatic heterocycles. The fourth-order valence-corrected chi connectivity index (χ4v) is 2.28. The van der Waals surface area contributed by atoms with E-state index in [-0.39, 0.29) is 22.3 Å². The van der Waals surface area contributed by atoms with Crippen molar-refractivity contribution >= 4 is 34.8 Å². The zero-order chi connectivity index (χ0) is 13.1. The first kappa shape index (κ1) is 13.3. The van der Waals surface area contributed by atoms with Crippen molar-refractivity contribution in [3.63, 3.8) is 0 Å². The summed E-state index contributed by atoms with van der Waals surface area (Å²) in [6, 6.07) is 1.29. The number of nitrogens with one attached hydrogen (secondary N) is 2. The summed E-state index contributed by atoms with van der Waals surface area (Å²) in [5, 5.41) is 13.7. The number of likely N-dealkylation sites (N-methyl/N-ethyl adjacent to an activating group) is 1. The molecule has 2 heterocycles. The van der Waals surface area contributed by atoms with Gasteiger partial charge >= 0.3 is 0 Å². The molecule has 1 fully saturated rings. The summed E-state index contributed by atoms with van der Waals surface area (Å²) in [4.78, 5) is 13.7. The Hall–Kier alpha value is -1.11. The van der Waals surface area contributed by atoms with Crippen molar-refractivity contribution in [1.29, 1.82) is 0 Å². The lowest BCUT2D eigenvalue weighted by molar-refractivity contribution is -0.122. The number of carbonyl (C=O) groups excluding carboxylic acids is 1. The highest BCUT2D eigenvalue weighted by Crippen LogP contribution is 2.27. The number of piperazine rings is 1. The van der Waals surface area contributed by atoms with Crippen molar-refractivity contribution in [1.82, 2.24) is 20.8 Å². The van der Waals surface area contributed by atoms with Crippen LogP contribution in [-0.2, 0) is 4.79 Å². The molecule has 0 spiro atoms. The number of nitrogens with zero attached hydrogens (tertiary/aromatic N) is 3. The highest BCUT2D eigenvalue weighted by Gasteiger charge is 2.29. The molecule has 1 saturated heterocycles. The van der Waals surface area contributed by atoms with E-state index in [4.69, 9.17) is 23.2 Å². The molecular weight excluding hydrogens is 277 g/mol. The lowest BCUT2D eigenvalue weighted by Gasteiger charge is -2.36. The van der Waals surface area contributed by atoms with Gasteiger partial charge in [0.15, 0.2) is 10.3 Å². The van der Waals surface area contributed by atoms with Crippen LogP contribution >= 0.6 is 23.2 Å². The second-order valence-corrected chi connectivity index (χ2v) is 4.62. The van der Waals surface area contributed by atoms with Gasteiger partial charge < -0.3 is 15.5 Å². The molecule has 1 amide bonds. The van der Waals surface area contributed by atoms with Crippen LogP contribution in [-0.4, -0.2) is 48.8 Å². The molecule has 1 unspecified atom stereocenters. The van der Waals surface area contributed by atoms with Gasteiger partial charge in [-0.15, -0.1) is 10.2 Å². The minimum absolute atomic E-state index is 0.0776. The maximum atomic E-state index is 11.8. The lowest BCUT2D eigenvalue weighted by atomic mass is 10.1. The van der Waals surface area contributed by atoms with E-state index in [1.165, 1.54) is 0 Å². The van der Waals surface area contributed by atoms with Gasteiger partial charge in [-0.25, -0.2) is 0 Å². The molecule has 0 saturated carbocycles. The molecule has 98 valence electrons. The Labute approximate surface area is 115 Å². The van der Waals surface area contributed by atoms with Crippen LogP contribution in [0.3, 0.4) is 0 Å². The number of hydrogen-bond donors (Lipinski definition) is 2. The summed E-state index contributed by atoms with van der Waals surface area (Å²) in [7, 11) is 1.61. The van der Waals surface area contributed by atoms with Gasteiger partial charge in [0, 0.05) is 32.7 Å². The number of anilines is 1. The average molecular weight is 290 g/mol. The molecule has 1 aliphatic rings. The van der Waals surface area contributed by atoms with Crippen LogP contribution < -0.4 is 15.5 Å². The average Bonchev–Trinajstić information content (AvgIpc) is 2.40. The van der Waals surface area contributed by atoms with Gasteiger partial charge in [0.2, 0.25) is 5.91 Å². The number of aromatic nitrogens is 2. The van der Waals surface area contributed by atoms with Crippen molar-refractivity contribution in [3.8, 4) is 0 Å². The quantitative estimate of drug-likeness (QED) is 0.820. The SMILES string of the molecule is CNC(=O)C1CNCCN1c1cc(Cl)nnc1Cl. The first-order valence-electron chi connectivity index (χ1n) is 5.51. The van der Waals surface area contributed by atoms with Crippen LogP contribution in [0, 0.1) is 0 Å². The van der Waals surface area contributed by atoms with Gasteiger partial charge in [-0.2, -0.15) is 0 Å². The monoisotopic (exact) mass is 289 g/mol. The van der Waals surface area contributed by atoms with Crippen LogP contribution in [0.2, 0.25) is 10.3 Å². The third-order valence-corrected chi connectivity index (χ3v) is 3.26. The normalized spacial score (nSPS) is 19.7. The first-order valence-corrected chi connectivity index (χ1v) is 6.26.